The van der Waals surface area contributed by atoms with Gasteiger partial charge in [0, 0.05) is 50.7 Å². The van der Waals surface area contributed by atoms with Gasteiger partial charge in [-0.3, -0.25) is 4.79 Å². The highest BCUT2D eigenvalue weighted by Crippen LogP contribution is 2.31. The number of halogens is 1. The van der Waals surface area contributed by atoms with Gasteiger partial charge in [0.15, 0.2) is 0 Å². The maximum absolute atomic E-state index is 12.1. The molecule has 0 spiro atoms. The Hall–Kier alpha value is -1.44. The zero-order chi connectivity index (χ0) is 23.1. The predicted octanol–water partition coefficient (Wildman–Crippen LogP) is 5.90. The summed E-state index contributed by atoms with van der Waals surface area (Å²) >= 11 is 7.81. The molecule has 1 fully saturated rings. The molecule has 31 heavy (non-hydrogen) atoms. The van der Waals surface area contributed by atoms with Crippen LogP contribution in [-0.2, 0) is 4.74 Å². The Bertz CT molecular complexity index is 710. The first-order chi connectivity index (χ1) is 13.8. The molecule has 1 heterocycles. The Balaban J connectivity index is 0.00000165. The van der Waals surface area contributed by atoms with Crippen LogP contribution in [0.15, 0.2) is 23.1 Å². The van der Waals surface area contributed by atoms with E-state index < -0.39 is 5.60 Å². The topological polar surface area (TPSA) is 53.1 Å². The quantitative estimate of drug-likeness (QED) is 0.511. The molecule has 0 unspecified atom stereocenters. The van der Waals surface area contributed by atoms with Crippen molar-refractivity contribution in [1.29, 1.82) is 0 Å². The number of ether oxygens (including phenoxy) is 1. The summed E-state index contributed by atoms with van der Waals surface area (Å²) in [5.74, 6) is 0.776. The minimum absolute atomic E-state index is 0. The molecule has 1 aromatic rings. The van der Waals surface area contributed by atoms with E-state index in [1.807, 2.05) is 26.8 Å². The number of amides is 2. The summed E-state index contributed by atoms with van der Waals surface area (Å²) in [6.45, 7) is 14.7. The molecule has 0 aliphatic carbocycles. The average Bonchev–Trinajstić information content (AvgIpc) is 2.61. The largest absolute Gasteiger partial charge is 0.444 e. The number of piperazine rings is 1. The molecular weight excluding hydrogens is 434 g/mol. The summed E-state index contributed by atoms with van der Waals surface area (Å²) in [6, 6.07) is 5.29. The fourth-order valence-corrected chi connectivity index (χ4v) is 3.57. The Kier molecular flexibility index (Phi) is 12.6. The van der Waals surface area contributed by atoms with Crippen LogP contribution in [0.2, 0.25) is 5.02 Å². The molecule has 2 amide bonds. The average molecular weight is 474 g/mol. The number of rotatable bonds is 3. The van der Waals surface area contributed by atoms with E-state index in [1.54, 1.807) is 31.1 Å². The van der Waals surface area contributed by atoms with E-state index >= 15 is 0 Å². The molecule has 8 heteroatoms. The molecule has 0 atom stereocenters. The zero-order valence-electron chi connectivity index (χ0n) is 19.5. The highest BCUT2D eigenvalue weighted by Gasteiger charge is 2.26. The van der Waals surface area contributed by atoms with Crippen LogP contribution in [0.25, 0.3) is 0 Å². The first-order valence-electron chi connectivity index (χ1n) is 10.2. The van der Waals surface area contributed by atoms with Crippen molar-refractivity contribution in [3.05, 3.63) is 28.8 Å². The van der Waals surface area contributed by atoms with Crippen molar-refractivity contribution in [3.8, 4) is 0 Å². The third-order valence-electron chi connectivity index (χ3n) is 3.70. The van der Waals surface area contributed by atoms with Gasteiger partial charge in [0.1, 0.15) is 5.60 Å². The van der Waals surface area contributed by atoms with Crippen molar-refractivity contribution < 1.29 is 14.3 Å². The molecule has 0 aromatic heterocycles. The van der Waals surface area contributed by atoms with Gasteiger partial charge in [0.2, 0.25) is 0 Å². The maximum Gasteiger partial charge on any atom is 0.410 e. The smallest absolute Gasteiger partial charge is 0.410 e. The van der Waals surface area contributed by atoms with Crippen LogP contribution in [0, 0.1) is 5.92 Å². The van der Waals surface area contributed by atoms with E-state index in [-0.39, 0.29) is 19.4 Å². The number of carbonyl (C=O) groups excluding carboxylic acids is 2. The van der Waals surface area contributed by atoms with Gasteiger partial charge in [-0.2, -0.15) is 0 Å². The SMILES string of the molecule is C.CC(C)C.CN(C)C(=O)c1ccc(Cl)c(SN2CCN(C(=O)OC(C)(C)C)CC2)c1. The summed E-state index contributed by atoms with van der Waals surface area (Å²) in [7, 11) is 3.44. The van der Waals surface area contributed by atoms with Crippen LogP contribution in [-0.4, -0.2) is 72.0 Å². The molecule has 0 N–H and O–H groups in total. The van der Waals surface area contributed by atoms with Crippen molar-refractivity contribution in [1.82, 2.24) is 14.1 Å². The predicted molar refractivity (Wildman–Crippen MR) is 132 cm³/mol. The highest BCUT2D eigenvalue weighted by molar-refractivity contribution is 7.97. The number of carbonyl (C=O) groups is 2. The molecule has 1 saturated heterocycles. The summed E-state index contributed by atoms with van der Waals surface area (Å²) < 4.78 is 7.56. The number of hydrogen-bond acceptors (Lipinski definition) is 5. The molecule has 1 aromatic carbocycles. The number of hydrogen-bond donors (Lipinski definition) is 0. The Morgan fingerprint density at radius 2 is 1.61 bits per heavy atom. The maximum atomic E-state index is 12.1. The summed E-state index contributed by atoms with van der Waals surface area (Å²) in [5.41, 5.74) is 0.116. The van der Waals surface area contributed by atoms with Crippen molar-refractivity contribution >= 4 is 35.5 Å². The lowest BCUT2D eigenvalue weighted by Crippen LogP contribution is -2.47. The van der Waals surface area contributed by atoms with Gasteiger partial charge in [0.05, 0.1) is 5.02 Å². The van der Waals surface area contributed by atoms with Crippen LogP contribution in [0.3, 0.4) is 0 Å². The highest BCUT2D eigenvalue weighted by atomic mass is 35.5. The van der Waals surface area contributed by atoms with Crippen molar-refractivity contribution in [3.63, 3.8) is 0 Å². The fourth-order valence-electron chi connectivity index (χ4n) is 2.39. The molecule has 2 rings (SSSR count). The van der Waals surface area contributed by atoms with Gasteiger partial charge in [-0.25, -0.2) is 9.10 Å². The third-order valence-corrected chi connectivity index (χ3v) is 5.30. The first kappa shape index (κ1) is 29.6. The number of benzene rings is 1. The lowest BCUT2D eigenvalue weighted by molar-refractivity contribution is 0.0197. The van der Waals surface area contributed by atoms with Crippen LogP contribution in [0.1, 0.15) is 59.3 Å². The summed E-state index contributed by atoms with van der Waals surface area (Å²) in [5, 5.41) is 0.611. The third kappa shape index (κ3) is 11.1. The molecule has 0 radical (unpaired) electrons. The minimum atomic E-state index is -0.490. The molecular formula is C23H40ClN3O3S. The Morgan fingerprint density at radius 1 is 1.10 bits per heavy atom. The molecule has 0 saturated carbocycles. The van der Waals surface area contributed by atoms with E-state index in [0.717, 1.165) is 10.8 Å². The van der Waals surface area contributed by atoms with Crippen molar-refractivity contribution in [2.45, 2.75) is 59.5 Å². The minimum Gasteiger partial charge on any atom is -0.444 e. The zero-order valence-corrected chi connectivity index (χ0v) is 21.1. The lowest BCUT2D eigenvalue weighted by Gasteiger charge is -2.35. The van der Waals surface area contributed by atoms with Gasteiger partial charge in [0.25, 0.3) is 5.91 Å². The van der Waals surface area contributed by atoms with E-state index in [4.69, 9.17) is 16.3 Å². The normalized spacial score (nSPS) is 14.3. The van der Waals surface area contributed by atoms with Gasteiger partial charge in [-0.1, -0.05) is 39.8 Å². The monoisotopic (exact) mass is 473 g/mol. The first-order valence-corrected chi connectivity index (χ1v) is 11.4. The van der Waals surface area contributed by atoms with Gasteiger partial charge >= 0.3 is 6.09 Å². The van der Waals surface area contributed by atoms with Crippen LogP contribution in [0.4, 0.5) is 4.79 Å². The van der Waals surface area contributed by atoms with Gasteiger partial charge in [-0.15, -0.1) is 0 Å². The number of nitrogens with zero attached hydrogens (tertiary/aromatic N) is 3. The van der Waals surface area contributed by atoms with Crippen LogP contribution < -0.4 is 0 Å². The molecule has 0 bridgehead atoms. The second-order valence-corrected chi connectivity index (χ2v) is 10.6. The van der Waals surface area contributed by atoms with E-state index in [2.05, 4.69) is 25.1 Å². The van der Waals surface area contributed by atoms with Gasteiger partial charge < -0.3 is 14.5 Å². The Labute approximate surface area is 198 Å². The second-order valence-electron chi connectivity index (χ2n) is 9.06. The molecule has 1 aliphatic rings. The molecule has 6 nitrogen and oxygen atoms in total. The van der Waals surface area contributed by atoms with E-state index in [9.17, 15) is 9.59 Å². The summed E-state index contributed by atoms with van der Waals surface area (Å²) in [4.78, 5) is 28.4. The van der Waals surface area contributed by atoms with Crippen LogP contribution in [0.5, 0.6) is 0 Å². The standard InChI is InChI=1S/C18H26ClN3O3S.C4H10.CH4/c1-18(2,3)25-17(24)21-8-10-22(11-9-21)26-15-12-13(6-7-14(15)19)16(23)20(4)5;1-4(2)3;/h6-7,12H,8-11H2,1-5H3;4H,1-3H3;1H4. The lowest BCUT2D eigenvalue weighted by atomic mass is 10.2. The fraction of sp³-hybridized carbons (Fsp3) is 0.652. The van der Waals surface area contributed by atoms with Gasteiger partial charge in [-0.05, 0) is 56.8 Å². The van der Waals surface area contributed by atoms with Crippen LogP contribution >= 0.6 is 23.5 Å². The van der Waals surface area contributed by atoms with Crippen molar-refractivity contribution in [2.24, 2.45) is 5.92 Å². The Morgan fingerprint density at radius 3 is 2.06 bits per heavy atom. The second kappa shape index (κ2) is 13.2. The molecule has 1 aliphatic heterocycles. The van der Waals surface area contributed by atoms with E-state index in [0.29, 0.717) is 36.8 Å². The summed E-state index contributed by atoms with van der Waals surface area (Å²) in [6.07, 6.45) is -0.279. The van der Waals surface area contributed by atoms with E-state index in [1.165, 1.54) is 16.8 Å². The molecule has 178 valence electrons. The van der Waals surface area contributed by atoms with Crippen molar-refractivity contribution in [2.75, 3.05) is 40.3 Å².